The monoisotopic (exact) mass is 338 g/mol. The van der Waals surface area contributed by atoms with Gasteiger partial charge >= 0.3 is 0 Å². The van der Waals surface area contributed by atoms with Crippen LogP contribution >= 0.6 is 0 Å². The van der Waals surface area contributed by atoms with Gasteiger partial charge in [-0.1, -0.05) is 24.3 Å². The average molecular weight is 338 g/mol. The number of nitrogens with zero attached hydrogens (tertiary/aromatic N) is 3. The molecule has 1 aromatic carbocycles. The Kier molecular flexibility index (Phi) is 4.15. The predicted molar refractivity (Wildman–Crippen MR) is 105 cm³/mol. The van der Waals surface area contributed by atoms with Gasteiger partial charge in [0.05, 0.1) is 22.8 Å². The average Bonchev–Trinajstić information content (AvgIpc) is 2.69. The van der Waals surface area contributed by atoms with Crippen LogP contribution in [-0.4, -0.2) is 15.0 Å². The second-order valence-corrected chi connectivity index (χ2v) is 6.15. The van der Waals surface area contributed by atoms with Crippen molar-refractivity contribution in [2.24, 2.45) is 0 Å². The number of benzene rings is 1. The summed E-state index contributed by atoms with van der Waals surface area (Å²) in [6.07, 6.45) is 3.54. The lowest BCUT2D eigenvalue weighted by Crippen LogP contribution is -1.96. The number of aromatic nitrogens is 3. The van der Waals surface area contributed by atoms with Crippen molar-refractivity contribution in [3.63, 3.8) is 0 Å². The number of rotatable bonds is 3. The quantitative estimate of drug-likeness (QED) is 0.547. The summed E-state index contributed by atoms with van der Waals surface area (Å²) in [5.41, 5.74) is 13.4. The Balaban J connectivity index is 1.94. The second kappa shape index (κ2) is 6.76. The van der Waals surface area contributed by atoms with Crippen molar-refractivity contribution < 1.29 is 0 Å². The van der Waals surface area contributed by atoms with Crippen LogP contribution < -0.4 is 5.73 Å². The minimum Gasteiger partial charge on any atom is -0.398 e. The Morgan fingerprint density at radius 3 is 1.81 bits per heavy atom. The molecule has 4 heteroatoms. The standard InChI is InChI=1S/C22H18N4/c1-15-8-9-17(18(23)12-15)16-13-21(19-6-2-4-10-24-19)26-22(14-16)20-7-3-5-11-25-20/h2-14H,23H2,1H3. The highest BCUT2D eigenvalue weighted by Crippen LogP contribution is 2.32. The number of pyridine rings is 3. The fourth-order valence-electron chi connectivity index (χ4n) is 2.92. The van der Waals surface area contributed by atoms with Crippen molar-refractivity contribution in [2.75, 3.05) is 5.73 Å². The topological polar surface area (TPSA) is 64.7 Å². The van der Waals surface area contributed by atoms with E-state index in [4.69, 9.17) is 10.7 Å². The molecule has 26 heavy (non-hydrogen) atoms. The molecule has 0 unspecified atom stereocenters. The third-order valence-corrected chi connectivity index (χ3v) is 4.20. The van der Waals surface area contributed by atoms with Crippen molar-refractivity contribution in [1.82, 2.24) is 15.0 Å². The molecule has 0 aliphatic carbocycles. The summed E-state index contributed by atoms with van der Waals surface area (Å²) < 4.78 is 0. The zero-order valence-electron chi connectivity index (χ0n) is 14.4. The van der Waals surface area contributed by atoms with Crippen molar-refractivity contribution >= 4 is 5.69 Å². The van der Waals surface area contributed by atoms with E-state index < -0.39 is 0 Å². The van der Waals surface area contributed by atoms with Crippen LogP contribution in [0.5, 0.6) is 0 Å². The molecule has 0 fully saturated rings. The third-order valence-electron chi connectivity index (χ3n) is 4.20. The molecule has 3 aromatic heterocycles. The molecule has 0 atom stereocenters. The first kappa shape index (κ1) is 16.0. The van der Waals surface area contributed by atoms with Crippen molar-refractivity contribution in [1.29, 1.82) is 0 Å². The number of nitrogen functional groups attached to an aromatic ring is 1. The maximum absolute atomic E-state index is 6.28. The zero-order valence-corrected chi connectivity index (χ0v) is 14.4. The minimum absolute atomic E-state index is 0.746. The van der Waals surface area contributed by atoms with Gasteiger partial charge in [0.2, 0.25) is 0 Å². The van der Waals surface area contributed by atoms with Crippen LogP contribution in [0.1, 0.15) is 5.56 Å². The van der Waals surface area contributed by atoms with Gasteiger partial charge < -0.3 is 5.73 Å². The van der Waals surface area contributed by atoms with Gasteiger partial charge in [-0.05, 0) is 60.5 Å². The van der Waals surface area contributed by atoms with Crippen LogP contribution in [0.25, 0.3) is 33.9 Å². The number of aryl methyl sites for hydroxylation is 1. The van der Waals surface area contributed by atoms with Crippen molar-refractivity contribution in [2.45, 2.75) is 6.92 Å². The highest BCUT2D eigenvalue weighted by molar-refractivity contribution is 5.81. The Bertz CT molecular complexity index is 986. The molecule has 0 saturated carbocycles. The fraction of sp³-hybridized carbons (Fsp3) is 0.0455. The van der Waals surface area contributed by atoms with E-state index in [1.54, 1.807) is 12.4 Å². The number of nitrogens with two attached hydrogens (primary N) is 1. The summed E-state index contributed by atoms with van der Waals surface area (Å²) in [5.74, 6) is 0. The highest BCUT2D eigenvalue weighted by atomic mass is 14.8. The Morgan fingerprint density at radius 2 is 1.31 bits per heavy atom. The van der Waals surface area contributed by atoms with Gasteiger partial charge in [-0.25, -0.2) is 4.98 Å². The van der Waals surface area contributed by atoms with Crippen LogP contribution in [-0.2, 0) is 0 Å². The molecule has 4 nitrogen and oxygen atoms in total. The van der Waals surface area contributed by atoms with Gasteiger partial charge in [-0.3, -0.25) is 9.97 Å². The lowest BCUT2D eigenvalue weighted by atomic mass is 10.00. The number of hydrogen-bond donors (Lipinski definition) is 1. The van der Waals surface area contributed by atoms with Crippen LogP contribution in [0.4, 0.5) is 5.69 Å². The van der Waals surface area contributed by atoms with Gasteiger partial charge in [0.1, 0.15) is 0 Å². The van der Waals surface area contributed by atoms with Crippen LogP contribution in [0.2, 0.25) is 0 Å². The van der Waals surface area contributed by atoms with E-state index in [0.717, 1.165) is 45.2 Å². The van der Waals surface area contributed by atoms with E-state index in [1.165, 1.54) is 0 Å². The summed E-state index contributed by atoms with van der Waals surface area (Å²) in [6.45, 7) is 2.03. The molecule has 0 aliphatic rings. The molecule has 0 bridgehead atoms. The Labute approximate surface area is 152 Å². The lowest BCUT2D eigenvalue weighted by Gasteiger charge is -2.11. The summed E-state index contributed by atoms with van der Waals surface area (Å²) in [4.78, 5) is 13.7. The van der Waals surface area contributed by atoms with E-state index in [-0.39, 0.29) is 0 Å². The second-order valence-electron chi connectivity index (χ2n) is 6.15. The molecule has 4 aromatic rings. The number of hydrogen-bond acceptors (Lipinski definition) is 4. The molecular weight excluding hydrogens is 320 g/mol. The van der Waals surface area contributed by atoms with Crippen molar-refractivity contribution in [3.05, 3.63) is 84.7 Å². The fourth-order valence-corrected chi connectivity index (χ4v) is 2.92. The summed E-state index contributed by atoms with van der Waals surface area (Å²) in [7, 11) is 0. The van der Waals surface area contributed by atoms with E-state index in [9.17, 15) is 0 Å². The SMILES string of the molecule is Cc1ccc(-c2cc(-c3ccccn3)nc(-c3ccccn3)c2)c(N)c1. The first-order valence-electron chi connectivity index (χ1n) is 8.42. The zero-order chi connectivity index (χ0) is 17.9. The first-order valence-corrected chi connectivity index (χ1v) is 8.42. The minimum atomic E-state index is 0.746. The molecule has 126 valence electrons. The van der Waals surface area contributed by atoms with E-state index in [1.807, 2.05) is 67.6 Å². The molecule has 0 aliphatic heterocycles. The summed E-state index contributed by atoms with van der Waals surface area (Å²) in [6, 6.07) is 21.7. The molecule has 0 spiro atoms. The molecule has 0 saturated heterocycles. The largest absolute Gasteiger partial charge is 0.398 e. The van der Waals surface area contributed by atoms with Gasteiger partial charge in [0.15, 0.2) is 0 Å². The normalized spacial score (nSPS) is 10.7. The van der Waals surface area contributed by atoms with Crippen LogP contribution in [0, 0.1) is 6.92 Å². The smallest absolute Gasteiger partial charge is 0.0900 e. The molecule has 0 radical (unpaired) electrons. The third kappa shape index (κ3) is 3.17. The maximum Gasteiger partial charge on any atom is 0.0900 e. The molecule has 2 N–H and O–H groups in total. The summed E-state index contributed by atoms with van der Waals surface area (Å²) >= 11 is 0. The van der Waals surface area contributed by atoms with Gasteiger partial charge in [-0.2, -0.15) is 0 Å². The Morgan fingerprint density at radius 1 is 0.692 bits per heavy atom. The van der Waals surface area contributed by atoms with Crippen LogP contribution in [0.15, 0.2) is 79.1 Å². The van der Waals surface area contributed by atoms with Gasteiger partial charge in [-0.15, -0.1) is 0 Å². The summed E-state index contributed by atoms with van der Waals surface area (Å²) in [5, 5.41) is 0. The highest BCUT2D eigenvalue weighted by Gasteiger charge is 2.11. The molecular formula is C22H18N4. The molecule has 3 heterocycles. The predicted octanol–water partition coefficient (Wildman–Crippen LogP) is 4.76. The van der Waals surface area contributed by atoms with Crippen molar-refractivity contribution in [3.8, 4) is 33.9 Å². The first-order chi connectivity index (χ1) is 12.7. The molecule has 4 rings (SSSR count). The lowest BCUT2D eigenvalue weighted by molar-refractivity contribution is 1.22. The number of anilines is 1. The van der Waals surface area contributed by atoms with Gasteiger partial charge in [0, 0.05) is 23.6 Å². The van der Waals surface area contributed by atoms with Crippen LogP contribution in [0.3, 0.4) is 0 Å². The maximum atomic E-state index is 6.28. The van der Waals surface area contributed by atoms with Gasteiger partial charge in [0.25, 0.3) is 0 Å². The van der Waals surface area contributed by atoms with E-state index >= 15 is 0 Å². The molecule has 0 amide bonds. The van der Waals surface area contributed by atoms with E-state index in [0.29, 0.717) is 0 Å². The van der Waals surface area contributed by atoms with E-state index in [2.05, 4.69) is 16.0 Å². The Hall–Kier alpha value is -3.53.